The zero-order valence-electron chi connectivity index (χ0n) is 11.8. The van der Waals surface area contributed by atoms with Crippen LogP contribution in [0.15, 0.2) is 18.2 Å². The summed E-state index contributed by atoms with van der Waals surface area (Å²) in [5, 5.41) is 1.42. The van der Waals surface area contributed by atoms with Crippen LogP contribution in [0.3, 0.4) is 0 Å². The average Bonchev–Trinajstić information content (AvgIpc) is 2.35. The van der Waals surface area contributed by atoms with Crippen molar-refractivity contribution in [2.75, 3.05) is 0 Å². The third kappa shape index (κ3) is 2.93. The minimum absolute atomic E-state index is 0.197. The highest BCUT2D eigenvalue weighted by molar-refractivity contribution is 6.43. The van der Waals surface area contributed by atoms with E-state index in [1.165, 1.54) is 0 Å². The van der Waals surface area contributed by atoms with Gasteiger partial charge in [0.05, 0.1) is 15.7 Å². The van der Waals surface area contributed by atoms with Crippen LogP contribution in [0.2, 0.25) is 15.2 Å². The van der Waals surface area contributed by atoms with E-state index < -0.39 is 0 Å². The van der Waals surface area contributed by atoms with E-state index in [2.05, 4.69) is 9.97 Å². The molecule has 106 valence electrons. The third-order valence-electron chi connectivity index (χ3n) is 2.96. The summed E-state index contributed by atoms with van der Waals surface area (Å²) in [7, 11) is 0. The fourth-order valence-corrected chi connectivity index (χ4v) is 2.33. The van der Waals surface area contributed by atoms with Gasteiger partial charge >= 0.3 is 0 Å². The Bertz CT molecular complexity index is 661. The van der Waals surface area contributed by atoms with Crippen LogP contribution in [0.25, 0.3) is 11.3 Å². The van der Waals surface area contributed by atoms with Crippen molar-refractivity contribution < 1.29 is 0 Å². The number of halogens is 3. The molecule has 0 amide bonds. The van der Waals surface area contributed by atoms with Gasteiger partial charge in [-0.3, -0.25) is 0 Å². The maximum atomic E-state index is 6.28. The second kappa shape index (κ2) is 5.51. The lowest BCUT2D eigenvalue weighted by Gasteiger charge is -2.19. The van der Waals surface area contributed by atoms with Crippen LogP contribution < -0.4 is 0 Å². The van der Waals surface area contributed by atoms with E-state index in [1.807, 2.05) is 39.8 Å². The smallest absolute Gasteiger partial charge is 0.136 e. The molecule has 0 aliphatic rings. The molecule has 0 aliphatic carbocycles. The van der Waals surface area contributed by atoms with Crippen LogP contribution in [0.5, 0.6) is 0 Å². The lowest BCUT2D eigenvalue weighted by atomic mass is 9.95. The molecular weight excluding hydrogens is 315 g/mol. The first-order chi connectivity index (χ1) is 9.21. The molecule has 0 unspecified atom stereocenters. The van der Waals surface area contributed by atoms with Gasteiger partial charge in [0.1, 0.15) is 11.0 Å². The summed E-state index contributed by atoms with van der Waals surface area (Å²) >= 11 is 18.6. The average molecular weight is 330 g/mol. The normalized spacial score (nSPS) is 11.8. The number of benzene rings is 1. The quantitative estimate of drug-likeness (QED) is 0.626. The molecule has 2 rings (SSSR count). The highest BCUT2D eigenvalue weighted by atomic mass is 35.5. The van der Waals surface area contributed by atoms with Crippen molar-refractivity contribution in [3.8, 4) is 11.3 Å². The van der Waals surface area contributed by atoms with Crippen LogP contribution in [0, 0.1) is 6.92 Å². The van der Waals surface area contributed by atoms with Gasteiger partial charge in [0.2, 0.25) is 0 Å². The fraction of sp³-hybridized carbons (Fsp3) is 0.333. The second-order valence-corrected chi connectivity index (χ2v) is 6.81. The molecule has 0 atom stereocenters. The van der Waals surface area contributed by atoms with Crippen molar-refractivity contribution in [1.82, 2.24) is 9.97 Å². The molecular formula is C15H15Cl3N2. The van der Waals surface area contributed by atoms with E-state index in [4.69, 9.17) is 34.8 Å². The molecule has 0 saturated carbocycles. The van der Waals surface area contributed by atoms with Gasteiger partial charge in [-0.15, -0.1) is 0 Å². The molecule has 2 nitrogen and oxygen atoms in total. The summed E-state index contributed by atoms with van der Waals surface area (Å²) in [5.74, 6) is 0.680. The second-order valence-electron chi connectivity index (χ2n) is 5.66. The van der Waals surface area contributed by atoms with Gasteiger partial charge in [0, 0.05) is 16.5 Å². The van der Waals surface area contributed by atoms with Gasteiger partial charge in [-0.1, -0.05) is 67.7 Å². The molecule has 0 aliphatic heterocycles. The Morgan fingerprint density at radius 2 is 1.65 bits per heavy atom. The molecule has 0 saturated heterocycles. The van der Waals surface area contributed by atoms with Gasteiger partial charge in [0.15, 0.2) is 0 Å². The summed E-state index contributed by atoms with van der Waals surface area (Å²) in [5.41, 5.74) is 2.09. The fourth-order valence-electron chi connectivity index (χ4n) is 1.77. The van der Waals surface area contributed by atoms with E-state index in [-0.39, 0.29) is 5.41 Å². The number of hydrogen-bond acceptors (Lipinski definition) is 2. The van der Waals surface area contributed by atoms with Crippen LogP contribution in [-0.2, 0) is 5.41 Å². The van der Waals surface area contributed by atoms with Gasteiger partial charge in [-0.05, 0) is 13.0 Å². The molecule has 1 aromatic heterocycles. The summed E-state index contributed by atoms with van der Waals surface area (Å²) in [6.45, 7) is 7.99. The molecule has 2 aromatic rings. The Morgan fingerprint density at radius 3 is 2.25 bits per heavy atom. The summed E-state index contributed by atoms with van der Waals surface area (Å²) in [6.07, 6.45) is 0. The summed E-state index contributed by atoms with van der Waals surface area (Å²) < 4.78 is 0. The van der Waals surface area contributed by atoms with Crippen molar-refractivity contribution in [3.63, 3.8) is 0 Å². The van der Waals surface area contributed by atoms with Crippen molar-refractivity contribution in [2.24, 2.45) is 0 Å². The topological polar surface area (TPSA) is 25.8 Å². The Morgan fingerprint density at radius 1 is 1.00 bits per heavy atom. The third-order valence-corrected chi connectivity index (χ3v) is 4.15. The predicted octanol–water partition coefficient (Wildman–Crippen LogP) is 5.71. The molecule has 0 bridgehead atoms. The van der Waals surface area contributed by atoms with E-state index >= 15 is 0 Å². The lowest BCUT2D eigenvalue weighted by Crippen LogP contribution is -2.17. The van der Waals surface area contributed by atoms with E-state index in [1.54, 1.807) is 6.07 Å². The van der Waals surface area contributed by atoms with Gasteiger partial charge in [0.25, 0.3) is 0 Å². The Kier molecular flexibility index (Phi) is 4.29. The number of aromatic nitrogens is 2. The van der Waals surface area contributed by atoms with Gasteiger partial charge in [-0.2, -0.15) is 0 Å². The molecule has 0 N–H and O–H groups in total. The zero-order valence-corrected chi connectivity index (χ0v) is 14.0. The van der Waals surface area contributed by atoms with E-state index in [0.29, 0.717) is 21.0 Å². The summed E-state index contributed by atoms with van der Waals surface area (Å²) in [4.78, 5) is 9.00. The summed E-state index contributed by atoms with van der Waals surface area (Å²) in [6, 6.07) is 5.47. The van der Waals surface area contributed by atoms with Crippen molar-refractivity contribution in [3.05, 3.63) is 44.8 Å². The van der Waals surface area contributed by atoms with Crippen LogP contribution in [0.4, 0.5) is 0 Å². The minimum atomic E-state index is -0.197. The maximum Gasteiger partial charge on any atom is 0.136 e. The van der Waals surface area contributed by atoms with Gasteiger partial charge < -0.3 is 0 Å². The Hall–Kier alpha value is -0.830. The highest BCUT2D eigenvalue weighted by Gasteiger charge is 2.22. The SMILES string of the molecule is Cc1c(Cl)nc(C(C)(C)C)nc1-c1cccc(Cl)c1Cl. The highest BCUT2D eigenvalue weighted by Crippen LogP contribution is 2.36. The first-order valence-electron chi connectivity index (χ1n) is 6.21. The molecule has 1 heterocycles. The molecule has 1 aromatic carbocycles. The first kappa shape index (κ1) is 15.6. The largest absolute Gasteiger partial charge is 0.232 e. The predicted molar refractivity (Wildman–Crippen MR) is 85.9 cm³/mol. The standard InChI is InChI=1S/C15H15Cl3N2/c1-8-12(9-6-5-7-10(16)11(9)17)19-14(15(2,3)4)20-13(8)18/h5-7H,1-4H3. The van der Waals surface area contributed by atoms with Gasteiger partial charge in [-0.25, -0.2) is 9.97 Å². The van der Waals surface area contributed by atoms with E-state index in [0.717, 1.165) is 16.8 Å². The molecule has 0 fully saturated rings. The van der Waals surface area contributed by atoms with Crippen LogP contribution >= 0.6 is 34.8 Å². The number of rotatable bonds is 1. The van der Waals surface area contributed by atoms with Crippen molar-refractivity contribution in [1.29, 1.82) is 0 Å². The Balaban J connectivity index is 2.74. The van der Waals surface area contributed by atoms with Crippen molar-refractivity contribution >= 4 is 34.8 Å². The molecule has 5 heteroatoms. The number of nitrogens with zero attached hydrogens (tertiary/aromatic N) is 2. The number of hydrogen-bond donors (Lipinski definition) is 0. The lowest BCUT2D eigenvalue weighted by molar-refractivity contribution is 0.545. The molecule has 0 radical (unpaired) electrons. The molecule has 20 heavy (non-hydrogen) atoms. The maximum absolute atomic E-state index is 6.28. The Labute approximate surface area is 134 Å². The zero-order chi connectivity index (χ0) is 15.1. The van der Waals surface area contributed by atoms with Crippen molar-refractivity contribution in [2.45, 2.75) is 33.1 Å². The van der Waals surface area contributed by atoms with Crippen LogP contribution in [-0.4, -0.2) is 9.97 Å². The monoisotopic (exact) mass is 328 g/mol. The molecule has 0 spiro atoms. The first-order valence-corrected chi connectivity index (χ1v) is 7.34. The van der Waals surface area contributed by atoms with E-state index in [9.17, 15) is 0 Å². The van der Waals surface area contributed by atoms with Crippen LogP contribution in [0.1, 0.15) is 32.2 Å². The minimum Gasteiger partial charge on any atom is -0.232 e.